The molecule has 6 heteroatoms. The second kappa shape index (κ2) is 9.36. The first-order chi connectivity index (χ1) is 14.6. The number of carbonyl (C=O) groups excluding carboxylic acids is 1. The molecule has 0 bridgehead atoms. The zero-order valence-corrected chi connectivity index (χ0v) is 18.4. The van der Waals surface area contributed by atoms with E-state index >= 15 is 0 Å². The van der Waals surface area contributed by atoms with Gasteiger partial charge in [-0.05, 0) is 56.2 Å². The minimum absolute atomic E-state index is 0.0170. The summed E-state index contributed by atoms with van der Waals surface area (Å²) < 4.78 is 5.65. The Balaban J connectivity index is 1.50. The molecule has 1 amide bonds. The van der Waals surface area contributed by atoms with Gasteiger partial charge in [-0.2, -0.15) is 0 Å². The second-order valence-corrected chi connectivity index (χ2v) is 8.88. The number of piperidine rings is 1. The van der Waals surface area contributed by atoms with Crippen molar-refractivity contribution in [3.63, 3.8) is 0 Å². The molecule has 3 heterocycles. The van der Waals surface area contributed by atoms with Gasteiger partial charge in [0.15, 0.2) is 0 Å². The van der Waals surface area contributed by atoms with E-state index in [1.54, 1.807) is 12.3 Å². The Morgan fingerprint density at radius 2 is 1.93 bits per heavy atom. The molecule has 1 aromatic carbocycles. The molecular weight excluding hydrogens is 398 g/mol. The van der Waals surface area contributed by atoms with Crippen LogP contribution in [0.15, 0.2) is 36.5 Å². The van der Waals surface area contributed by atoms with Gasteiger partial charge in [0.05, 0.1) is 10.6 Å². The lowest BCUT2D eigenvalue weighted by Gasteiger charge is -2.39. The van der Waals surface area contributed by atoms with Crippen LogP contribution in [0.25, 0.3) is 0 Å². The van der Waals surface area contributed by atoms with E-state index in [0.29, 0.717) is 16.4 Å². The number of benzene rings is 1. The first-order valence-electron chi connectivity index (χ1n) is 10.9. The van der Waals surface area contributed by atoms with Gasteiger partial charge in [-0.25, -0.2) is 4.98 Å². The van der Waals surface area contributed by atoms with E-state index in [1.165, 1.54) is 17.5 Å². The molecule has 2 saturated heterocycles. The number of carbonyl (C=O) groups is 1. The van der Waals surface area contributed by atoms with E-state index in [4.69, 9.17) is 16.3 Å². The Labute approximate surface area is 183 Å². The molecule has 2 aliphatic rings. The molecule has 2 aromatic rings. The van der Waals surface area contributed by atoms with Crippen LogP contribution in [-0.2, 0) is 10.2 Å². The number of aromatic nitrogens is 1. The average Bonchev–Trinajstić information content (AvgIpc) is 2.79. The van der Waals surface area contributed by atoms with Crippen LogP contribution < -0.4 is 5.32 Å². The number of pyridine rings is 1. The van der Waals surface area contributed by atoms with Crippen molar-refractivity contribution in [1.29, 1.82) is 0 Å². The average molecular weight is 428 g/mol. The summed E-state index contributed by atoms with van der Waals surface area (Å²) in [5, 5.41) is 3.96. The number of rotatable bonds is 5. The Kier molecular flexibility index (Phi) is 6.59. The highest BCUT2D eigenvalue weighted by Gasteiger charge is 2.35. The third-order valence-electron chi connectivity index (χ3n) is 6.49. The van der Waals surface area contributed by atoms with E-state index in [0.717, 1.165) is 58.5 Å². The SMILES string of the molecule is Cc1ccccc1C1(CNc2ncc(C(=O)N3CCCCC3)cc2Cl)CCOCC1. The van der Waals surface area contributed by atoms with Gasteiger partial charge in [-0.3, -0.25) is 4.79 Å². The highest BCUT2D eigenvalue weighted by Crippen LogP contribution is 2.37. The maximum atomic E-state index is 12.7. The number of likely N-dealkylation sites (tertiary alicyclic amines) is 1. The molecule has 160 valence electrons. The van der Waals surface area contributed by atoms with Gasteiger partial charge >= 0.3 is 0 Å². The molecule has 5 nitrogen and oxygen atoms in total. The van der Waals surface area contributed by atoms with Gasteiger partial charge < -0.3 is 15.0 Å². The first-order valence-corrected chi connectivity index (χ1v) is 11.3. The number of hydrogen-bond donors (Lipinski definition) is 1. The van der Waals surface area contributed by atoms with E-state index in [1.807, 2.05) is 4.90 Å². The van der Waals surface area contributed by atoms with Crippen LogP contribution in [-0.4, -0.2) is 48.6 Å². The summed E-state index contributed by atoms with van der Waals surface area (Å²) in [4.78, 5) is 19.1. The molecule has 0 aliphatic carbocycles. The Hall–Kier alpha value is -2.11. The highest BCUT2D eigenvalue weighted by molar-refractivity contribution is 6.33. The molecule has 1 aromatic heterocycles. The topological polar surface area (TPSA) is 54.5 Å². The number of amides is 1. The van der Waals surface area contributed by atoms with Crippen molar-refractivity contribution in [1.82, 2.24) is 9.88 Å². The lowest BCUT2D eigenvalue weighted by atomic mass is 9.72. The lowest BCUT2D eigenvalue weighted by Crippen LogP contribution is -2.40. The van der Waals surface area contributed by atoms with Crippen molar-refractivity contribution >= 4 is 23.3 Å². The van der Waals surface area contributed by atoms with Crippen LogP contribution >= 0.6 is 11.6 Å². The van der Waals surface area contributed by atoms with E-state index in [-0.39, 0.29) is 11.3 Å². The van der Waals surface area contributed by atoms with Crippen LogP contribution in [0, 0.1) is 6.92 Å². The van der Waals surface area contributed by atoms with Crippen LogP contribution in [0.4, 0.5) is 5.82 Å². The number of nitrogens with zero attached hydrogens (tertiary/aromatic N) is 2. The molecular formula is C24H30ClN3O2. The van der Waals surface area contributed by atoms with Crippen molar-refractivity contribution < 1.29 is 9.53 Å². The normalized spacial score (nSPS) is 18.8. The smallest absolute Gasteiger partial charge is 0.255 e. The van der Waals surface area contributed by atoms with Gasteiger partial charge in [-0.1, -0.05) is 35.9 Å². The summed E-state index contributed by atoms with van der Waals surface area (Å²) in [5.41, 5.74) is 3.19. The number of hydrogen-bond acceptors (Lipinski definition) is 4. The minimum Gasteiger partial charge on any atom is -0.381 e. The van der Waals surface area contributed by atoms with Crippen molar-refractivity contribution in [3.8, 4) is 0 Å². The van der Waals surface area contributed by atoms with Crippen LogP contribution in [0.3, 0.4) is 0 Å². The van der Waals surface area contributed by atoms with Crippen molar-refractivity contribution in [3.05, 3.63) is 58.2 Å². The summed E-state index contributed by atoms with van der Waals surface area (Å²) in [5.74, 6) is 0.655. The molecule has 0 spiro atoms. The van der Waals surface area contributed by atoms with Crippen molar-refractivity contribution in [2.75, 3.05) is 38.2 Å². The van der Waals surface area contributed by atoms with Gasteiger partial charge in [0.25, 0.3) is 5.91 Å². The zero-order chi connectivity index (χ0) is 21.0. The maximum absolute atomic E-state index is 12.7. The monoisotopic (exact) mass is 427 g/mol. The predicted molar refractivity (Wildman–Crippen MR) is 120 cm³/mol. The van der Waals surface area contributed by atoms with Gasteiger partial charge in [0, 0.05) is 44.5 Å². The van der Waals surface area contributed by atoms with Gasteiger partial charge in [-0.15, -0.1) is 0 Å². The summed E-state index contributed by atoms with van der Waals surface area (Å²) in [6.07, 6.45) is 6.88. The number of aryl methyl sites for hydroxylation is 1. The molecule has 0 radical (unpaired) electrons. The molecule has 2 aliphatic heterocycles. The fourth-order valence-corrected chi connectivity index (χ4v) is 4.92. The van der Waals surface area contributed by atoms with Crippen molar-refractivity contribution in [2.45, 2.75) is 44.4 Å². The second-order valence-electron chi connectivity index (χ2n) is 8.47. The fraction of sp³-hybridized carbons (Fsp3) is 0.500. The van der Waals surface area contributed by atoms with E-state index in [9.17, 15) is 4.79 Å². The highest BCUT2D eigenvalue weighted by atomic mass is 35.5. The lowest BCUT2D eigenvalue weighted by molar-refractivity contribution is 0.0541. The summed E-state index contributed by atoms with van der Waals surface area (Å²) in [6, 6.07) is 10.3. The van der Waals surface area contributed by atoms with E-state index < -0.39 is 0 Å². The van der Waals surface area contributed by atoms with Crippen LogP contribution in [0.1, 0.15) is 53.6 Å². The van der Waals surface area contributed by atoms with Crippen LogP contribution in [0.5, 0.6) is 0 Å². The fourth-order valence-electron chi connectivity index (χ4n) is 4.69. The standard InChI is InChI=1S/C24H30ClN3O2/c1-18-7-3-4-8-20(18)24(9-13-30-14-10-24)17-27-22-21(25)15-19(16-26-22)23(29)28-11-5-2-6-12-28/h3-4,7-8,15-16H,2,5-6,9-14,17H2,1H3,(H,26,27). The Morgan fingerprint density at radius 3 is 2.63 bits per heavy atom. The first kappa shape index (κ1) is 21.1. The van der Waals surface area contributed by atoms with Crippen molar-refractivity contribution in [2.24, 2.45) is 0 Å². The zero-order valence-electron chi connectivity index (χ0n) is 17.6. The largest absolute Gasteiger partial charge is 0.381 e. The number of anilines is 1. The third-order valence-corrected chi connectivity index (χ3v) is 6.78. The number of halogens is 1. The molecule has 0 atom stereocenters. The minimum atomic E-state index is -0.0170. The summed E-state index contributed by atoms with van der Waals surface area (Å²) in [6.45, 7) is 6.03. The van der Waals surface area contributed by atoms with Gasteiger partial charge in [0.2, 0.25) is 0 Å². The maximum Gasteiger partial charge on any atom is 0.255 e. The predicted octanol–water partition coefficient (Wildman–Crippen LogP) is 4.83. The van der Waals surface area contributed by atoms with E-state index in [2.05, 4.69) is 41.5 Å². The summed E-state index contributed by atoms with van der Waals surface area (Å²) >= 11 is 6.53. The molecule has 1 N–H and O–H groups in total. The molecule has 30 heavy (non-hydrogen) atoms. The van der Waals surface area contributed by atoms with Crippen LogP contribution in [0.2, 0.25) is 5.02 Å². The number of nitrogens with one attached hydrogen (secondary N) is 1. The number of ether oxygens (including phenoxy) is 1. The third kappa shape index (κ3) is 4.47. The van der Waals surface area contributed by atoms with Gasteiger partial charge in [0.1, 0.15) is 5.82 Å². The Morgan fingerprint density at radius 1 is 1.20 bits per heavy atom. The molecule has 4 rings (SSSR count). The quantitative estimate of drug-likeness (QED) is 0.742. The summed E-state index contributed by atoms with van der Waals surface area (Å²) in [7, 11) is 0. The molecule has 0 saturated carbocycles. The molecule has 2 fully saturated rings. The Bertz CT molecular complexity index is 890. The molecule has 0 unspecified atom stereocenters.